The number of nitrogens with zero attached hydrogens (tertiary/aromatic N) is 1. The van der Waals surface area contributed by atoms with Gasteiger partial charge in [-0.25, -0.2) is 8.42 Å². The van der Waals surface area contributed by atoms with Gasteiger partial charge in [0.1, 0.15) is 0 Å². The molecule has 0 bridgehead atoms. The van der Waals surface area contributed by atoms with Gasteiger partial charge in [0.25, 0.3) is 0 Å². The fourth-order valence-electron chi connectivity index (χ4n) is 4.98. The Bertz CT molecular complexity index is 1190. The van der Waals surface area contributed by atoms with Gasteiger partial charge in [-0.15, -0.1) is 0 Å². The molecule has 1 saturated heterocycles. The Morgan fingerprint density at radius 2 is 1.97 bits per heavy atom. The molecule has 0 spiro atoms. The van der Waals surface area contributed by atoms with Gasteiger partial charge in [-0.05, 0) is 48.6 Å². The molecule has 1 unspecified atom stereocenters. The molecule has 37 heavy (non-hydrogen) atoms. The summed E-state index contributed by atoms with van der Waals surface area (Å²) < 4.78 is 25.6. The number of carbonyl (C=O) groups is 2. The van der Waals surface area contributed by atoms with Gasteiger partial charge >= 0.3 is 5.97 Å². The van der Waals surface area contributed by atoms with Crippen molar-refractivity contribution in [1.29, 1.82) is 0 Å². The molecule has 1 aliphatic rings. The monoisotopic (exact) mass is 569 g/mol. The Balaban J connectivity index is 2.84. The van der Waals surface area contributed by atoms with Gasteiger partial charge in [-0.3, -0.25) is 9.59 Å². The predicted molar refractivity (Wildman–Crippen MR) is 151 cm³/mol. The van der Waals surface area contributed by atoms with Gasteiger partial charge in [0.2, 0.25) is 5.91 Å². The highest BCUT2D eigenvalue weighted by Crippen LogP contribution is 2.48. The standard InChI is InChI=1S/C28H37Cl2NO5S/c1-7-21(29)13-12-19(5)26-23(20-10-9-11-22(30)14-20)15-28(6,16-25(32)33)27(34)31(26)24(18(3)4)17-37(35,36)8-2/h7,9-14,18,23-24,26H,5,8,15-17H2,1-4,6H3,(H,32,33)/b13-12-,21-7+/t23-,24?,26-,28-/m1/s1. The second-order valence-corrected chi connectivity index (χ2v) is 13.5. The molecule has 2 rings (SSSR count). The van der Waals surface area contributed by atoms with E-state index in [1.165, 1.54) is 0 Å². The fourth-order valence-corrected chi connectivity index (χ4v) is 6.55. The van der Waals surface area contributed by atoms with E-state index < -0.39 is 39.2 Å². The number of halogens is 2. The van der Waals surface area contributed by atoms with Crippen LogP contribution in [0.15, 0.2) is 59.7 Å². The largest absolute Gasteiger partial charge is 0.481 e. The first-order valence-electron chi connectivity index (χ1n) is 12.3. The minimum atomic E-state index is -3.47. The third kappa shape index (κ3) is 7.71. The number of piperidine rings is 1. The van der Waals surface area contributed by atoms with Crippen molar-refractivity contribution < 1.29 is 23.1 Å². The maximum absolute atomic E-state index is 14.2. The second kappa shape index (κ2) is 12.6. The van der Waals surface area contributed by atoms with E-state index in [4.69, 9.17) is 23.2 Å². The Hall–Kier alpha value is -2.09. The lowest BCUT2D eigenvalue weighted by Crippen LogP contribution is -2.62. The van der Waals surface area contributed by atoms with Crippen molar-refractivity contribution in [3.8, 4) is 0 Å². The zero-order chi connectivity index (χ0) is 28.1. The zero-order valence-corrected chi connectivity index (χ0v) is 24.4. The number of rotatable bonds is 11. The summed E-state index contributed by atoms with van der Waals surface area (Å²) in [5.74, 6) is -2.40. The van der Waals surface area contributed by atoms with Crippen molar-refractivity contribution in [2.45, 2.75) is 65.5 Å². The van der Waals surface area contributed by atoms with Crippen LogP contribution in [-0.2, 0) is 19.4 Å². The van der Waals surface area contributed by atoms with Crippen molar-refractivity contribution >= 4 is 44.9 Å². The van der Waals surface area contributed by atoms with E-state index in [9.17, 15) is 23.1 Å². The third-order valence-electron chi connectivity index (χ3n) is 7.02. The third-order valence-corrected chi connectivity index (χ3v) is 9.33. The minimum Gasteiger partial charge on any atom is -0.481 e. The van der Waals surface area contributed by atoms with E-state index in [0.717, 1.165) is 5.56 Å². The molecule has 0 radical (unpaired) electrons. The second-order valence-electron chi connectivity index (χ2n) is 10.2. The topological polar surface area (TPSA) is 91.8 Å². The smallest absolute Gasteiger partial charge is 0.304 e. The van der Waals surface area contributed by atoms with Gasteiger partial charge in [-0.1, -0.05) is 81.8 Å². The van der Waals surface area contributed by atoms with E-state index in [1.54, 1.807) is 62.1 Å². The molecule has 9 heteroatoms. The number of hydrogen-bond donors (Lipinski definition) is 1. The molecule has 4 atom stereocenters. The van der Waals surface area contributed by atoms with Crippen LogP contribution in [0.25, 0.3) is 0 Å². The minimum absolute atomic E-state index is 0.0647. The van der Waals surface area contributed by atoms with Crippen molar-refractivity contribution in [2.24, 2.45) is 11.3 Å². The van der Waals surface area contributed by atoms with Crippen LogP contribution < -0.4 is 0 Å². The van der Waals surface area contributed by atoms with Crippen LogP contribution in [0.2, 0.25) is 5.02 Å². The van der Waals surface area contributed by atoms with E-state index in [-0.39, 0.29) is 36.2 Å². The first-order chi connectivity index (χ1) is 17.2. The summed E-state index contributed by atoms with van der Waals surface area (Å²) in [7, 11) is -3.47. The molecule has 0 aromatic heterocycles. The molecule has 0 saturated carbocycles. The van der Waals surface area contributed by atoms with Crippen molar-refractivity contribution in [2.75, 3.05) is 11.5 Å². The van der Waals surface area contributed by atoms with Crippen LogP contribution in [0, 0.1) is 11.3 Å². The van der Waals surface area contributed by atoms with Gasteiger partial charge in [0, 0.05) is 27.8 Å². The van der Waals surface area contributed by atoms with Crippen molar-refractivity contribution in [1.82, 2.24) is 4.90 Å². The maximum atomic E-state index is 14.2. The van der Waals surface area contributed by atoms with Crippen molar-refractivity contribution in [3.63, 3.8) is 0 Å². The van der Waals surface area contributed by atoms with Gasteiger partial charge in [0.15, 0.2) is 9.84 Å². The first kappa shape index (κ1) is 31.1. The van der Waals surface area contributed by atoms with Gasteiger partial charge in [-0.2, -0.15) is 0 Å². The quantitative estimate of drug-likeness (QED) is 0.319. The molecule has 0 aliphatic carbocycles. The lowest BCUT2D eigenvalue weighted by atomic mass is 9.66. The molecule has 6 nitrogen and oxygen atoms in total. The van der Waals surface area contributed by atoms with Crippen LogP contribution in [0.1, 0.15) is 58.9 Å². The van der Waals surface area contributed by atoms with E-state index in [2.05, 4.69) is 6.58 Å². The Kier molecular flexibility index (Phi) is 10.6. The number of hydrogen-bond acceptors (Lipinski definition) is 4. The summed E-state index contributed by atoms with van der Waals surface area (Å²) in [6.07, 6.45) is 4.98. The molecule has 204 valence electrons. The van der Waals surface area contributed by atoms with E-state index in [0.29, 0.717) is 15.6 Å². The number of aliphatic carboxylic acids is 1. The van der Waals surface area contributed by atoms with E-state index in [1.807, 2.05) is 19.9 Å². The summed E-state index contributed by atoms with van der Waals surface area (Å²) in [6, 6.07) is 5.91. The average molecular weight is 571 g/mol. The lowest BCUT2D eigenvalue weighted by molar-refractivity contribution is -0.159. The number of likely N-dealkylation sites (tertiary alicyclic amines) is 1. The predicted octanol–water partition coefficient (Wildman–Crippen LogP) is 6.22. The van der Waals surface area contributed by atoms with Crippen LogP contribution in [0.4, 0.5) is 0 Å². The highest BCUT2D eigenvalue weighted by Gasteiger charge is 2.53. The van der Waals surface area contributed by atoms with Gasteiger partial charge < -0.3 is 10.0 Å². The SMILES string of the molecule is C=C(/C=C\C(Cl)=C/C)[C@@H]1[C@@H](c2cccc(Cl)c2)C[C@](C)(CC(=O)O)C(=O)N1C(CS(=O)(=O)CC)C(C)C. The summed E-state index contributed by atoms with van der Waals surface area (Å²) in [5.41, 5.74) is 0.123. The molecule has 1 aromatic rings. The Labute approximate surface area is 230 Å². The number of carboxylic acids is 1. The number of allylic oxidation sites excluding steroid dienone is 3. The van der Waals surface area contributed by atoms with E-state index >= 15 is 0 Å². The number of amides is 1. The molecule has 1 N–H and O–H groups in total. The highest BCUT2D eigenvalue weighted by atomic mass is 35.5. The highest BCUT2D eigenvalue weighted by molar-refractivity contribution is 7.91. The first-order valence-corrected chi connectivity index (χ1v) is 14.9. The normalized spacial score (nSPS) is 24.1. The molecular formula is C28H37Cl2NO5S. The average Bonchev–Trinajstić information content (AvgIpc) is 2.81. The number of carboxylic acid groups (broad SMARTS) is 1. The lowest BCUT2D eigenvalue weighted by Gasteiger charge is -2.52. The molecule has 1 aromatic carbocycles. The fraction of sp³-hybridized carbons (Fsp3) is 0.500. The number of benzene rings is 1. The van der Waals surface area contributed by atoms with Gasteiger partial charge in [0.05, 0.1) is 23.6 Å². The summed E-state index contributed by atoms with van der Waals surface area (Å²) >= 11 is 12.5. The summed E-state index contributed by atoms with van der Waals surface area (Å²) in [4.78, 5) is 27.7. The molecule has 1 heterocycles. The summed E-state index contributed by atoms with van der Waals surface area (Å²) in [6.45, 7) is 13.0. The zero-order valence-electron chi connectivity index (χ0n) is 22.1. The molecule has 1 amide bonds. The number of sulfone groups is 1. The maximum Gasteiger partial charge on any atom is 0.304 e. The summed E-state index contributed by atoms with van der Waals surface area (Å²) in [5, 5.41) is 10.7. The molecule has 1 aliphatic heterocycles. The Morgan fingerprint density at radius 1 is 1.32 bits per heavy atom. The molecule has 1 fully saturated rings. The van der Waals surface area contributed by atoms with Crippen LogP contribution >= 0.6 is 23.2 Å². The van der Waals surface area contributed by atoms with Crippen molar-refractivity contribution in [3.05, 3.63) is 70.3 Å². The van der Waals surface area contributed by atoms with Crippen LogP contribution in [0.3, 0.4) is 0 Å². The van der Waals surface area contributed by atoms with Crippen LogP contribution in [-0.4, -0.2) is 53.9 Å². The number of carbonyl (C=O) groups excluding carboxylic acids is 1. The van der Waals surface area contributed by atoms with Crippen LogP contribution in [0.5, 0.6) is 0 Å². The molecular weight excluding hydrogens is 533 g/mol. The Morgan fingerprint density at radius 3 is 2.49 bits per heavy atom.